The first-order valence-electron chi connectivity index (χ1n) is 7.83. The number of ether oxygens (including phenoxy) is 2. The fourth-order valence-corrected chi connectivity index (χ4v) is 2.51. The smallest absolute Gasteiger partial charge is 0.310 e. The van der Waals surface area contributed by atoms with Crippen molar-refractivity contribution >= 4 is 34.9 Å². The van der Waals surface area contributed by atoms with Crippen LogP contribution in [0.3, 0.4) is 0 Å². The number of amides is 1. The number of hydrogen-bond acceptors (Lipinski definition) is 6. The Morgan fingerprint density at radius 2 is 1.96 bits per heavy atom. The topological polar surface area (TPSA) is 108 Å². The van der Waals surface area contributed by atoms with Crippen LogP contribution < -0.4 is 10.1 Å². The summed E-state index contributed by atoms with van der Waals surface area (Å²) >= 11 is 5.72. The van der Waals surface area contributed by atoms with Crippen LogP contribution in [0, 0.1) is 17.0 Å². The summed E-state index contributed by atoms with van der Waals surface area (Å²) in [5.41, 5.74) is 1.19. The normalized spacial score (nSPS) is 10.2. The highest BCUT2D eigenvalue weighted by molar-refractivity contribution is 6.31. The highest BCUT2D eigenvalue weighted by Gasteiger charge is 2.18. The molecule has 0 aliphatic rings. The number of nitro benzene ring substituents is 1. The van der Waals surface area contributed by atoms with Crippen molar-refractivity contribution in [1.82, 2.24) is 0 Å². The zero-order valence-electron chi connectivity index (χ0n) is 14.7. The lowest BCUT2D eigenvalue weighted by atomic mass is 10.1. The summed E-state index contributed by atoms with van der Waals surface area (Å²) < 4.78 is 10.1. The number of nitrogens with zero attached hydrogens (tertiary/aromatic N) is 1. The average Bonchev–Trinajstić information content (AvgIpc) is 2.61. The Bertz CT molecular complexity index is 884. The number of esters is 1. The van der Waals surface area contributed by atoms with E-state index in [9.17, 15) is 19.7 Å². The molecule has 8 nitrogen and oxygen atoms in total. The van der Waals surface area contributed by atoms with E-state index in [4.69, 9.17) is 21.1 Å². The molecule has 142 valence electrons. The first-order chi connectivity index (χ1) is 12.8. The lowest BCUT2D eigenvalue weighted by Gasteiger charge is -2.10. The van der Waals surface area contributed by atoms with E-state index in [-0.39, 0.29) is 22.8 Å². The van der Waals surface area contributed by atoms with E-state index in [0.29, 0.717) is 11.3 Å². The minimum absolute atomic E-state index is 0.0363. The molecule has 0 aliphatic heterocycles. The SMILES string of the molecule is COc1ccc(C)cc1CC(=O)OCC(=O)Nc1ccc(Cl)cc1[N+](=O)[O-]. The lowest BCUT2D eigenvalue weighted by Crippen LogP contribution is -2.22. The number of carbonyl (C=O) groups excluding carboxylic acids is 2. The zero-order chi connectivity index (χ0) is 20.0. The molecular formula is C18H17ClN2O6. The third-order valence-electron chi connectivity index (χ3n) is 3.57. The van der Waals surface area contributed by atoms with Crippen molar-refractivity contribution in [3.63, 3.8) is 0 Å². The van der Waals surface area contributed by atoms with Gasteiger partial charge in [-0.2, -0.15) is 0 Å². The van der Waals surface area contributed by atoms with Crippen LogP contribution in [0.1, 0.15) is 11.1 Å². The molecule has 0 bridgehead atoms. The van der Waals surface area contributed by atoms with E-state index in [1.807, 2.05) is 13.0 Å². The zero-order valence-corrected chi connectivity index (χ0v) is 15.4. The second-order valence-electron chi connectivity index (χ2n) is 5.62. The van der Waals surface area contributed by atoms with Gasteiger partial charge in [0.2, 0.25) is 0 Å². The lowest BCUT2D eigenvalue weighted by molar-refractivity contribution is -0.383. The molecule has 0 heterocycles. The van der Waals surface area contributed by atoms with Crippen molar-refractivity contribution in [3.05, 3.63) is 62.7 Å². The van der Waals surface area contributed by atoms with Crippen molar-refractivity contribution < 1.29 is 24.0 Å². The van der Waals surface area contributed by atoms with Gasteiger partial charge in [0.15, 0.2) is 6.61 Å². The third-order valence-corrected chi connectivity index (χ3v) is 3.80. The molecule has 27 heavy (non-hydrogen) atoms. The summed E-state index contributed by atoms with van der Waals surface area (Å²) in [6.07, 6.45) is -0.0702. The Balaban J connectivity index is 1.95. The van der Waals surface area contributed by atoms with Gasteiger partial charge in [0.25, 0.3) is 11.6 Å². The van der Waals surface area contributed by atoms with Gasteiger partial charge in [-0.05, 0) is 25.1 Å². The summed E-state index contributed by atoms with van der Waals surface area (Å²) in [5, 5.41) is 13.5. The standard InChI is InChI=1S/C18H17ClN2O6/c1-11-3-6-16(26-2)12(7-11)8-18(23)27-10-17(22)20-14-5-4-13(19)9-15(14)21(24)25/h3-7,9H,8,10H2,1-2H3,(H,20,22). The molecule has 0 atom stereocenters. The Kier molecular flexibility index (Phi) is 6.73. The van der Waals surface area contributed by atoms with Crippen molar-refractivity contribution in [2.75, 3.05) is 19.0 Å². The number of methoxy groups -OCH3 is 1. The van der Waals surface area contributed by atoms with E-state index < -0.39 is 23.4 Å². The van der Waals surface area contributed by atoms with Gasteiger partial charge < -0.3 is 14.8 Å². The first-order valence-corrected chi connectivity index (χ1v) is 8.21. The fraction of sp³-hybridized carbons (Fsp3) is 0.222. The van der Waals surface area contributed by atoms with Crippen molar-refractivity contribution in [2.45, 2.75) is 13.3 Å². The van der Waals surface area contributed by atoms with E-state index >= 15 is 0 Å². The number of aryl methyl sites for hydroxylation is 1. The Morgan fingerprint density at radius 1 is 1.22 bits per heavy atom. The largest absolute Gasteiger partial charge is 0.496 e. The summed E-state index contributed by atoms with van der Waals surface area (Å²) in [5.74, 6) is -0.788. The Morgan fingerprint density at radius 3 is 2.63 bits per heavy atom. The fourth-order valence-electron chi connectivity index (χ4n) is 2.35. The number of carbonyl (C=O) groups is 2. The molecule has 1 N–H and O–H groups in total. The molecule has 0 fully saturated rings. The van der Waals surface area contributed by atoms with Gasteiger partial charge in [0.1, 0.15) is 11.4 Å². The quantitative estimate of drug-likeness (QED) is 0.440. The predicted molar refractivity (Wildman–Crippen MR) is 99.1 cm³/mol. The molecule has 1 amide bonds. The molecule has 2 rings (SSSR count). The maximum Gasteiger partial charge on any atom is 0.310 e. The Hall–Kier alpha value is -3.13. The number of hydrogen-bond donors (Lipinski definition) is 1. The second kappa shape index (κ2) is 9.00. The molecule has 2 aromatic carbocycles. The number of rotatable bonds is 7. The molecule has 0 spiro atoms. The molecule has 0 saturated heterocycles. The van der Waals surface area contributed by atoms with Gasteiger partial charge in [0.05, 0.1) is 18.5 Å². The maximum atomic E-state index is 12.0. The molecule has 0 aliphatic carbocycles. The van der Waals surface area contributed by atoms with Crippen molar-refractivity contribution in [1.29, 1.82) is 0 Å². The van der Waals surface area contributed by atoms with Gasteiger partial charge in [-0.25, -0.2) is 0 Å². The average molecular weight is 393 g/mol. The number of anilines is 1. The van der Waals surface area contributed by atoms with Crippen molar-refractivity contribution in [2.24, 2.45) is 0 Å². The first kappa shape index (κ1) is 20.2. The van der Waals surface area contributed by atoms with Crippen LogP contribution in [0.5, 0.6) is 5.75 Å². The summed E-state index contributed by atoms with van der Waals surface area (Å²) in [4.78, 5) is 34.3. The van der Waals surface area contributed by atoms with E-state index in [1.165, 1.54) is 19.2 Å². The highest BCUT2D eigenvalue weighted by Crippen LogP contribution is 2.27. The minimum atomic E-state index is -0.704. The van der Waals surface area contributed by atoms with Gasteiger partial charge in [-0.15, -0.1) is 0 Å². The minimum Gasteiger partial charge on any atom is -0.496 e. The molecule has 0 aromatic heterocycles. The van der Waals surface area contributed by atoms with Gasteiger partial charge in [-0.1, -0.05) is 29.3 Å². The van der Waals surface area contributed by atoms with Crippen LogP contribution in [0.4, 0.5) is 11.4 Å². The van der Waals surface area contributed by atoms with E-state index in [1.54, 1.807) is 12.1 Å². The van der Waals surface area contributed by atoms with Gasteiger partial charge in [-0.3, -0.25) is 19.7 Å². The molecule has 2 aromatic rings. The van der Waals surface area contributed by atoms with E-state index in [0.717, 1.165) is 11.6 Å². The van der Waals surface area contributed by atoms with Crippen LogP contribution in [-0.4, -0.2) is 30.5 Å². The van der Waals surface area contributed by atoms with Crippen LogP contribution in [0.25, 0.3) is 0 Å². The monoisotopic (exact) mass is 392 g/mol. The number of nitro groups is 1. The maximum absolute atomic E-state index is 12.0. The summed E-state index contributed by atoms with van der Waals surface area (Å²) in [6.45, 7) is 1.30. The number of benzene rings is 2. The predicted octanol–water partition coefficient (Wildman–Crippen LogP) is 3.29. The van der Waals surface area contributed by atoms with E-state index in [2.05, 4.69) is 5.32 Å². The Labute approximate surface area is 160 Å². The van der Waals surface area contributed by atoms with Crippen LogP contribution in [0.2, 0.25) is 5.02 Å². The van der Waals surface area contributed by atoms with Crippen LogP contribution in [0.15, 0.2) is 36.4 Å². The van der Waals surface area contributed by atoms with Gasteiger partial charge in [0, 0.05) is 16.7 Å². The molecule has 0 radical (unpaired) electrons. The third kappa shape index (κ3) is 5.68. The highest BCUT2D eigenvalue weighted by atomic mass is 35.5. The van der Waals surface area contributed by atoms with Gasteiger partial charge >= 0.3 is 5.97 Å². The summed E-state index contributed by atoms with van der Waals surface area (Å²) in [7, 11) is 1.49. The molecule has 9 heteroatoms. The van der Waals surface area contributed by atoms with Crippen molar-refractivity contribution in [3.8, 4) is 5.75 Å². The number of halogens is 1. The molecule has 0 saturated carbocycles. The molecule has 0 unspecified atom stereocenters. The second-order valence-corrected chi connectivity index (χ2v) is 6.06. The molecular weight excluding hydrogens is 376 g/mol. The van der Waals surface area contributed by atoms with Crippen LogP contribution in [-0.2, 0) is 20.7 Å². The summed E-state index contributed by atoms with van der Waals surface area (Å²) in [6, 6.07) is 9.20. The van der Waals surface area contributed by atoms with Crippen LogP contribution >= 0.6 is 11.6 Å². The number of nitrogens with one attached hydrogen (secondary N) is 1.